The number of aromatic nitrogens is 2. The van der Waals surface area contributed by atoms with E-state index in [-0.39, 0.29) is 10.9 Å². The topological polar surface area (TPSA) is 68.5 Å². The Labute approximate surface area is 147 Å². The molecule has 132 valence electrons. The first-order chi connectivity index (χ1) is 12.5. The van der Waals surface area contributed by atoms with Gasteiger partial charge in [-0.1, -0.05) is 6.07 Å². The van der Waals surface area contributed by atoms with E-state index < -0.39 is 23.1 Å². The monoisotopic (exact) mass is 356 g/mol. The van der Waals surface area contributed by atoms with Crippen molar-refractivity contribution >= 4 is 28.4 Å². The van der Waals surface area contributed by atoms with Crippen molar-refractivity contribution in [2.75, 3.05) is 12.4 Å². The number of nitrogens with zero attached hydrogens (tertiary/aromatic N) is 3. The molecule has 1 aromatic heterocycles. The zero-order valence-electron chi connectivity index (χ0n) is 14.0. The minimum atomic E-state index is -0.948. The Morgan fingerprint density at radius 1 is 1.31 bits per heavy atom. The summed E-state index contributed by atoms with van der Waals surface area (Å²) in [5.74, 6) is -2.30. The van der Waals surface area contributed by atoms with E-state index in [1.165, 1.54) is 18.0 Å². The van der Waals surface area contributed by atoms with E-state index in [0.717, 1.165) is 17.2 Å². The summed E-state index contributed by atoms with van der Waals surface area (Å²) in [6, 6.07) is 6.21. The molecule has 0 aliphatic carbocycles. The maximum Gasteiger partial charge on any atom is 0.261 e. The predicted molar refractivity (Wildman–Crippen MR) is 92.3 cm³/mol. The molecule has 0 saturated carbocycles. The number of amides is 1. The maximum absolute atomic E-state index is 14.6. The van der Waals surface area contributed by atoms with Crippen LogP contribution in [-0.2, 0) is 18.3 Å². The van der Waals surface area contributed by atoms with Gasteiger partial charge in [0.1, 0.15) is 17.2 Å². The van der Waals surface area contributed by atoms with E-state index in [1.807, 2.05) is 0 Å². The first-order valence-electron chi connectivity index (χ1n) is 7.82. The van der Waals surface area contributed by atoms with Crippen LogP contribution < -0.4 is 5.32 Å². The normalized spacial score (nSPS) is 12.8. The van der Waals surface area contributed by atoms with Crippen LogP contribution >= 0.6 is 0 Å². The van der Waals surface area contributed by atoms with Crippen molar-refractivity contribution in [3.63, 3.8) is 0 Å². The largest absolute Gasteiger partial charge is 0.481 e. The van der Waals surface area contributed by atoms with Crippen molar-refractivity contribution in [3.05, 3.63) is 58.8 Å². The molecule has 8 heteroatoms. The van der Waals surface area contributed by atoms with Crippen molar-refractivity contribution in [1.82, 2.24) is 9.78 Å². The minimum absolute atomic E-state index is 0.0850. The summed E-state index contributed by atoms with van der Waals surface area (Å²) in [7, 11) is 3.08. The summed E-state index contributed by atoms with van der Waals surface area (Å²) in [5, 5.41) is 6.50. The van der Waals surface area contributed by atoms with Crippen LogP contribution in [0.5, 0.6) is 0 Å². The Morgan fingerprint density at radius 3 is 2.88 bits per heavy atom. The lowest BCUT2D eigenvalue weighted by Gasteiger charge is -2.10. The van der Waals surface area contributed by atoms with E-state index in [1.54, 1.807) is 25.2 Å². The fourth-order valence-electron chi connectivity index (χ4n) is 3.03. The standard InChI is InChI=1S/C18H14F2N4O2/c1-24-14-6-13(19)15(16(20)12(14)8-22-24)17(25)23-10-4-3-9-7-21-18(26-2)11(9)5-10/h3-6,8H,7H2,1-2H3,(H,23,25). The second kappa shape index (κ2) is 5.91. The average Bonchev–Trinajstić information content (AvgIpc) is 3.18. The van der Waals surface area contributed by atoms with Gasteiger partial charge in [0.15, 0.2) is 0 Å². The van der Waals surface area contributed by atoms with Gasteiger partial charge < -0.3 is 10.1 Å². The summed E-state index contributed by atoms with van der Waals surface area (Å²) in [5.41, 5.74) is 1.72. The number of carbonyl (C=O) groups excluding carboxylic acids is 1. The molecular weight excluding hydrogens is 342 g/mol. The van der Waals surface area contributed by atoms with Crippen molar-refractivity contribution < 1.29 is 18.3 Å². The lowest BCUT2D eigenvalue weighted by atomic mass is 10.1. The highest BCUT2D eigenvalue weighted by Crippen LogP contribution is 2.26. The number of aryl methyl sites for hydroxylation is 1. The van der Waals surface area contributed by atoms with Crippen molar-refractivity contribution in [1.29, 1.82) is 0 Å². The third-order valence-corrected chi connectivity index (χ3v) is 4.35. The second-order valence-corrected chi connectivity index (χ2v) is 5.90. The minimum Gasteiger partial charge on any atom is -0.481 e. The number of nitrogens with one attached hydrogen (secondary N) is 1. The van der Waals surface area contributed by atoms with E-state index in [4.69, 9.17) is 4.74 Å². The van der Waals surface area contributed by atoms with E-state index in [0.29, 0.717) is 18.1 Å². The Balaban J connectivity index is 1.70. The highest BCUT2D eigenvalue weighted by Gasteiger charge is 2.23. The third kappa shape index (κ3) is 2.42. The Hall–Kier alpha value is -3.29. The lowest BCUT2D eigenvalue weighted by Crippen LogP contribution is -2.16. The first kappa shape index (κ1) is 16.2. The molecule has 1 amide bonds. The molecular formula is C18H14F2N4O2. The molecule has 0 fully saturated rings. The van der Waals surface area contributed by atoms with Gasteiger partial charge in [0.25, 0.3) is 5.91 Å². The number of carbonyl (C=O) groups is 1. The summed E-state index contributed by atoms with van der Waals surface area (Å²) in [4.78, 5) is 16.7. The van der Waals surface area contributed by atoms with Crippen molar-refractivity contribution in [2.45, 2.75) is 6.54 Å². The highest BCUT2D eigenvalue weighted by atomic mass is 19.1. The molecule has 0 spiro atoms. The van der Waals surface area contributed by atoms with Gasteiger partial charge in [-0.15, -0.1) is 0 Å². The zero-order chi connectivity index (χ0) is 18.4. The molecule has 6 nitrogen and oxygen atoms in total. The number of rotatable bonds is 2. The molecule has 0 atom stereocenters. The summed E-state index contributed by atoms with van der Waals surface area (Å²) in [6.07, 6.45) is 1.26. The average molecular weight is 356 g/mol. The molecule has 1 aliphatic heterocycles. The second-order valence-electron chi connectivity index (χ2n) is 5.90. The van der Waals surface area contributed by atoms with Crippen LogP contribution in [0.25, 0.3) is 10.9 Å². The molecule has 0 saturated heterocycles. The van der Waals surface area contributed by atoms with Crippen molar-refractivity contribution in [2.24, 2.45) is 12.0 Å². The quantitative estimate of drug-likeness (QED) is 0.767. The van der Waals surface area contributed by atoms with Gasteiger partial charge in [-0.25, -0.2) is 13.8 Å². The van der Waals surface area contributed by atoms with Crippen molar-refractivity contribution in [3.8, 4) is 0 Å². The van der Waals surface area contributed by atoms with Crippen LogP contribution in [0, 0.1) is 11.6 Å². The number of hydrogen-bond acceptors (Lipinski definition) is 4. The molecule has 3 aromatic rings. The van der Waals surface area contributed by atoms with Gasteiger partial charge in [-0.05, 0) is 17.7 Å². The fraction of sp³-hybridized carbons (Fsp3) is 0.167. The molecule has 4 rings (SSSR count). The zero-order valence-corrected chi connectivity index (χ0v) is 14.0. The highest BCUT2D eigenvalue weighted by molar-refractivity contribution is 6.07. The molecule has 2 aromatic carbocycles. The number of hydrogen-bond donors (Lipinski definition) is 1. The number of aliphatic imine (C=N–C) groups is 1. The number of halogens is 2. The molecule has 1 N–H and O–H groups in total. The van der Waals surface area contributed by atoms with Gasteiger partial charge in [0, 0.05) is 24.4 Å². The first-order valence-corrected chi connectivity index (χ1v) is 7.82. The van der Waals surface area contributed by atoms with Crippen LogP contribution in [0.1, 0.15) is 21.5 Å². The molecule has 26 heavy (non-hydrogen) atoms. The van der Waals surface area contributed by atoms with E-state index >= 15 is 0 Å². The van der Waals surface area contributed by atoms with Gasteiger partial charge in [-0.2, -0.15) is 5.10 Å². The molecule has 0 radical (unpaired) electrons. The Kier molecular flexibility index (Phi) is 3.68. The summed E-state index contributed by atoms with van der Waals surface area (Å²) in [6.45, 7) is 0.494. The lowest BCUT2D eigenvalue weighted by molar-refractivity contribution is 0.101. The number of ether oxygens (including phenoxy) is 1. The fourth-order valence-corrected chi connectivity index (χ4v) is 3.03. The SMILES string of the molecule is COC1=NCc2ccc(NC(=O)c3c(F)cc4c(cnn4C)c3F)cc21. The van der Waals surface area contributed by atoms with Gasteiger partial charge in [0.05, 0.1) is 30.8 Å². The molecule has 2 heterocycles. The van der Waals surface area contributed by atoms with E-state index in [2.05, 4.69) is 15.4 Å². The summed E-state index contributed by atoms with van der Waals surface area (Å²) < 4.78 is 35.5. The molecule has 0 bridgehead atoms. The number of fused-ring (bicyclic) bond motifs is 2. The number of anilines is 1. The van der Waals surface area contributed by atoms with Gasteiger partial charge in [-0.3, -0.25) is 9.48 Å². The number of benzene rings is 2. The Bertz CT molecular complexity index is 1090. The van der Waals surface area contributed by atoms with Gasteiger partial charge >= 0.3 is 0 Å². The van der Waals surface area contributed by atoms with Crippen LogP contribution in [0.3, 0.4) is 0 Å². The van der Waals surface area contributed by atoms with Crippen LogP contribution in [0.2, 0.25) is 0 Å². The number of methoxy groups -OCH3 is 1. The van der Waals surface area contributed by atoms with Gasteiger partial charge in [0.2, 0.25) is 5.90 Å². The van der Waals surface area contributed by atoms with E-state index in [9.17, 15) is 13.6 Å². The summed E-state index contributed by atoms with van der Waals surface area (Å²) >= 11 is 0. The van der Waals surface area contributed by atoms with Crippen LogP contribution in [-0.4, -0.2) is 28.7 Å². The predicted octanol–water partition coefficient (Wildman–Crippen LogP) is 3.01. The Morgan fingerprint density at radius 2 is 2.12 bits per heavy atom. The molecule has 1 aliphatic rings. The third-order valence-electron chi connectivity index (χ3n) is 4.35. The smallest absolute Gasteiger partial charge is 0.261 e. The van der Waals surface area contributed by atoms with Crippen LogP contribution in [0.4, 0.5) is 14.5 Å². The molecule has 0 unspecified atom stereocenters. The maximum atomic E-state index is 14.6. The van der Waals surface area contributed by atoms with Crippen LogP contribution in [0.15, 0.2) is 35.5 Å².